The molecule has 0 spiro atoms. The third-order valence-corrected chi connectivity index (χ3v) is 11.8. The predicted octanol–water partition coefficient (Wildman–Crippen LogP) is 10.5. The SMILES string of the molecule is CC[C@H](/C=C/[C@@H](C)[C@H]1CC[C@H]2C3CC=C4CC(CC(C)(C)C)CC[C@]4(C)[C@H]3CC[C@]12C)C(C)C. The molecule has 0 aromatic carbocycles. The summed E-state index contributed by atoms with van der Waals surface area (Å²) in [6.45, 7) is 22.4. The van der Waals surface area contributed by atoms with Crippen molar-refractivity contribution in [1.82, 2.24) is 0 Å². The molecule has 0 amide bonds. The number of allylic oxidation sites excluding steroid dienone is 4. The molecule has 9 atom stereocenters. The molecule has 0 radical (unpaired) electrons. The van der Waals surface area contributed by atoms with Crippen molar-refractivity contribution in [1.29, 1.82) is 0 Å². The van der Waals surface area contributed by atoms with Gasteiger partial charge in [0.25, 0.3) is 0 Å². The van der Waals surface area contributed by atoms with Crippen LogP contribution in [0.1, 0.15) is 127 Å². The van der Waals surface area contributed by atoms with Gasteiger partial charge in [-0.3, -0.25) is 0 Å². The molecule has 0 bridgehead atoms. The molecule has 34 heavy (non-hydrogen) atoms. The minimum Gasteiger partial charge on any atom is -0.0851 e. The van der Waals surface area contributed by atoms with Gasteiger partial charge in [-0.1, -0.05) is 86.1 Å². The molecule has 4 aliphatic carbocycles. The lowest BCUT2D eigenvalue weighted by Crippen LogP contribution is -2.50. The first-order chi connectivity index (χ1) is 15.9. The number of hydrogen-bond donors (Lipinski definition) is 0. The predicted molar refractivity (Wildman–Crippen MR) is 150 cm³/mol. The lowest BCUT2D eigenvalue weighted by atomic mass is 9.46. The van der Waals surface area contributed by atoms with Crippen LogP contribution >= 0.6 is 0 Å². The van der Waals surface area contributed by atoms with Gasteiger partial charge in [0.05, 0.1) is 0 Å². The van der Waals surface area contributed by atoms with Crippen LogP contribution in [0.15, 0.2) is 23.8 Å². The van der Waals surface area contributed by atoms with Crippen LogP contribution in [0.5, 0.6) is 0 Å². The number of rotatable bonds is 6. The summed E-state index contributed by atoms with van der Waals surface area (Å²) >= 11 is 0. The lowest BCUT2D eigenvalue weighted by molar-refractivity contribution is -0.0501. The summed E-state index contributed by atoms with van der Waals surface area (Å²) in [5.41, 5.74) is 3.42. The van der Waals surface area contributed by atoms with E-state index in [4.69, 9.17) is 0 Å². The van der Waals surface area contributed by atoms with Crippen molar-refractivity contribution in [2.75, 3.05) is 0 Å². The molecule has 194 valence electrons. The molecule has 4 aliphatic rings. The highest BCUT2D eigenvalue weighted by Crippen LogP contribution is 2.67. The molecule has 0 nitrogen and oxygen atoms in total. The third-order valence-electron chi connectivity index (χ3n) is 11.8. The Morgan fingerprint density at radius 3 is 2.35 bits per heavy atom. The van der Waals surface area contributed by atoms with Crippen LogP contribution in [-0.2, 0) is 0 Å². The molecule has 0 N–H and O–H groups in total. The largest absolute Gasteiger partial charge is 0.0851 e. The summed E-state index contributed by atoms with van der Waals surface area (Å²) in [5.74, 6) is 6.92. The van der Waals surface area contributed by atoms with E-state index in [0.29, 0.717) is 16.2 Å². The third kappa shape index (κ3) is 4.87. The van der Waals surface area contributed by atoms with Gasteiger partial charge in [-0.25, -0.2) is 0 Å². The molecule has 0 heteroatoms. The maximum Gasteiger partial charge on any atom is -0.00851 e. The van der Waals surface area contributed by atoms with E-state index >= 15 is 0 Å². The van der Waals surface area contributed by atoms with Crippen molar-refractivity contribution < 1.29 is 0 Å². The summed E-state index contributed by atoms with van der Waals surface area (Å²) in [7, 11) is 0. The Bertz CT molecular complexity index is 761. The summed E-state index contributed by atoms with van der Waals surface area (Å²) in [6.07, 6.45) is 22.3. The minimum absolute atomic E-state index is 0.471. The van der Waals surface area contributed by atoms with Crippen molar-refractivity contribution >= 4 is 0 Å². The maximum absolute atomic E-state index is 2.78. The van der Waals surface area contributed by atoms with Crippen molar-refractivity contribution in [2.24, 2.45) is 63.6 Å². The van der Waals surface area contributed by atoms with Gasteiger partial charge < -0.3 is 0 Å². The fourth-order valence-corrected chi connectivity index (χ4v) is 9.96. The van der Waals surface area contributed by atoms with Gasteiger partial charge in [-0.2, -0.15) is 0 Å². The van der Waals surface area contributed by atoms with E-state index in [-0.39, 0.29) is 0 Å². The van der Waals surface area contributed by atoms with E-state index in [9.17, 15) is 0 Å². The molecular weight excluding hydrogens is 408 g/mol. The Hall–Kier alpha value is -0.520. The molecule has 2 unspecified atom stereocenters. The fourth-order valence-electron chi connectivity index (χ4n) is 9.96. The highest BCUT2D eigenvalue weighted by molar-refractivity contribution is 5.25. The Morgan fingerprint density at radius 2 is 1.71 bits per heavy atom. The molecule has 3 fully saturated rings. The lowest BCUT2D eigenvalue weighted by Gasteiger charge is -2.58. The van der Waals surface area contributed by atoms with Crippen molar-refractivity contribution in [3.63, 3.8) is 0 Å². The van der Waals surface area contributed by atoms with Gasteiger partial charge >= 0.3 is 0 Å². The van der Waals surface area contributed by atoms with Gasteiger partial charge in [0, 0.05) is 0 Å². The molecule has 0 aromatic heterocycles. The summed E-state index contributed by atoms with van der Waals surface area (Å²) in [6, 6.07) is 0. The smallest absolute Gasteiger partial charge is 0.00851 e. The van der Waals surface area contributed by atoms with Crippen LogP contribution in [0.25, 0.3) is 0 Å². The second kappa shape index (κ2) is 9.74. The Balaban J connectivity index is 1.49. The van der Waals surface area contributed by atoms with Crippen LogP contribution in [0.3, 0.4) is 0 Å². The first kappa shape index (κ1) is 26.5. The zero-order valence-corrected chi connectivity index (χ0v) is 24.4. The quantitative estimate of drug-likeness (QED) is 0.341. The summed E-state index contributed by atoms with van der Waals surface area (Å²) in [5, 5.41) is 0. The maximum atomic E-state index is 2.78. The molecule has 0 saturated heterocycles. The van der Waals surface area contributed by atoms with E-state index in [1.165, 1.54) is 64.2 Å². The molecule has 0 aliphatic heterocycles. The van der Waals surface area contributed by atoms with Crippen molar-refractivity contribution in [2.45, 2.75) is 127 Å². The first-order valence-electron chi connectivity index (χ1n) is 15.3. The average Bonchev–Trinajstić information content (AvgIpc) is 3.10. The zero-order valence-electron chi connectivity index (χ0n) is 24.4. The van der Waals surface area contributed by atoms with E-state index in [0.717, 1.165) is 47.3 Å². The second-order valence-electron chi connectivity index (χ2n) is 15.4. The van der Waals surface area contributed by atoms with Crippen LogP contribution < -0.4 is 0 Å². The van der Waals surface area contributed by atoms with Crippen LogP contribution in [0, 0.1) is 63.6 Å². The van der Waals surface area contributed by atoms with E-state index in [1.807, 2.05) is 5.57 Å². The molecule has 0 aromatic rings. The first-order valence-corrected chi connectivity index (χ1v) is 15.3. The minimum atomic E-state index is 0.471. The zero-order chi connectivity index (χ0) is 24.9. The van der Waals surface area contributed by atoms with Crippen molar-refractivity contribution in [3.05, 3.63) is 23.8 Å². The van der Waals surface area contributed by atoms with Gasteiger partial charge in [0.2, 0.25) is 0 Å². The van der Waals surface area contributed by atoms with Gasteiger partial charge in [-0.05, 0) is 128 Å². The molecular formula is C34H58. The molecule has 4 rings (SSSR count). The van der Waals surface area contributed by atoms with E-state index in [2.05, 4.69) is 80.5 Å². The van der Waals surface area contributed by atoms with Gasteiger partial charge in [0.15, 0.2) is 0 Å². The van der Waals surface area contributed by atoms with Crippen LogP contribution in [-0.4, -0.2) is 0 Å². The van der Waals surface area contributed by atoms with Crippen LogP contribution in [0.2, 0.25) is 0 Å². The Morgan fingerprint density at radius 1 is 0.971 bits per heavy atom. The van der Waals surface area contributed by atoms with E-state index in [1.54, 1.807) is 0 Å². The second-order valence-corrected chi connectivity index (χ2v) is 15.4. The Kier molecular flexibility index (Phi) is 7.60. The van der Waals surface area contributed by atoms with Crippen LogP contribution in [0.4, 0.5) is 0 Å². The molecule has 3 saturated carbocycles. The highest BCUT2D eigenvalue weighted by atomic mass is 14.6. The molecule has 0 heterocycles. The van der Waals surface area contributed by atoms with E-state index < -0.39 is 0 Å². The topological polar surface area (TPSA) is 0 Å². The van der Waals surface area contributed by atoms with Gasteiger partial charge in [-0.15, -0.1) is 0 Å². The standard InChI is InChI=1S/C34H58/c1-10-26(23(2)3)12-11-24(4)29-15-16-30-28-14-13-27-21-25(22-32(5,6)7)17-19-33(27,8)31(28)18-20-34(29,30)9/h11-13,23-26,28-31H,10,14-22H2,1-9H3/b12-11+/t24-,25?,26-,28?,29-,30+,31+,33+,34-/m1/s1. The Labute approximate surface area is 213 Å². The summed E-state index contributed by atoms with van der Waals surface area (Å²) < 4.78 is 0. The van der Waals surface area contributed by atoms with Crippen molar-refractivity contribution in [3.8, 4) is 0 Å². The average molecular weight is 467 g/mol. The fraction of sp³-hybridized carbons (Fsp3) is 0.882. The summed E-state index contributed by atoms with van der Waals surface area (Å²) in [4.78, 5) is 0. The normalized spacial score (nSPS) is 42.2. The van der Waals surface area contributed by atoms with Gasteiger partial charge in [0.1, 0.15) is 0 Å². The monoisotopic (exact) mass is 466 g/mol. The number of fused-ring (bicyclic) bond motifs is 5. The highest BCUT2D eigenvalue weighted by Gasteiger charge is 2.59. The number of hydrogen-bond acceptors (Lipinski definition) is 0.